The fourth-order valence-corrected chi connectivity index (χ4v) is 0.655. The maximum atomic E-state index is 10.4. The summed E-state index contributed by atoms with van der Waals surface area (Å²) in [6.07, 6.45) is -0.0612. The summed E-state index contributed by atoms with van der Waals surface area (Å²) in [5.74, 6) is -0.935. The van der Waals surface area contributed by atoms with Crippen LogP contribution in [0.3, 0.4) is 0 Å². The molecular weight excluding hydrogens is 172 g/mol. The standard InChI is InChI=1S/C9H18O4/c1-7(8(10)11)13-6-5-9(2,3)12-4/h7H,5-6H2,1-4H3,(H,10,11). The largest absolute Gasteiger partial charge is 0.479 e. The monoisotopic (exact) mass is 190 g/mol. The molecule has 0 saturated heterocycles. The van der Waals surface area contributed by atoms with Crippen LogP contribution in [0.25, 0.3) is 0 Å². The zero-order valence-electron chi connectivity index (χ0n) is 8.66. The minimum Gasteiger partial charge on any atom is -0.479 e. The summed E-state index contributed by atoms with van der Waals surface area (Å²) in [6.45, 7) is 5.78. The van der Waals surface area contributed by atoms with Gasteiger partial charge in [-0.25, -0.2) is 4.79 Å². The summed E-state index contributed by atoms with van der Waals surface area (Å²) in [7, 11) is 1.63. The van der Waals surface area contributed by atoms with E-state index in [2.05, 4.69) is 0 Å². The first-order valence-electron chi connectivity index (χ1n) is 4.28. The fraction of sp³-hybridized carbons (Fsp3) is 0.889. The van der Waals surface area contributed by atoms with Gasteiger partial charge in [0, 0.05) is 7.11 Å². The van der Waals surface area contributed by atoms with Crippen LogP contribution in [-0.4, -0.2) is 36.5 Å². The zero-order valence-corrected chi connectivity index (χ0v) is 8.66. The summed E-state index contributed by atoms with van der Waals surface area (Å²) in [6, 6.07) is 0. The van der Waals surface area contributed by atoms with Gasteiger partial charge in [-0.15, -0.1) is 0 Å². The smallest absolute Gasteiger partial charge is 0.332 e. The Bertz CT molecular complexity index is 165. The highest BCUT2D eigenvalue weighted by molar-refractivity contribution is 5.71. The van der Waals surface area contributed by atoms with E-state index in [1.165, 1.54) is 6.92 Å². The Labute approximate surface area is 78.8 Å². The molecule has 0 aromatic rings. The normalized spacial score (nSPS) is 14.2. The molecule has 1 atom stereocenters. The van der Waals surface area contributed by atoms with E-state index in [4.69, 9.17) is 14.6 Å². The molecular formula is C9H18O4. The van der Waals surface area contributed by atoms with Crippen LogP contribution in [-0.2, 0) is 14.3 Å². The molecule has 0 radical (unpaired) electrons. The van der Waals surface area contributed by atoms with Crippen LogP contribution in [0.4, 0.5) is 0 Å². The number of ether oxygens (including phenoxy) is 2. The molecule has 0 spiro atoms. The molecule has 13 heavy (non-hydrogen) atoms. The maximum Gasteiger partial charge on any atom is 0.332 e. The highest BCUT2D eigenvalue weighted by Gasteiger charge is 2.18. The van der Waals surface area contributed by atoms with Crippen LogP contribution in [0.5, 0.6) is 0 Å². The Morgan fingerprint density at radius 2 is 2.08 bits per heavy atom. The van der Waals surface area contributed by atoms with Gasteiger partial charge >= 0.3 is 5.97 Å². The predicted octanol–water partition coefficient (Wildman–Crippen LogP) is 1.29. The van der Waals surface area contributed by atoms with Crippen molar-refractivity contribution in [1.82, 2.24) is 0 Å². The molecule has 1 unspecified atom stereocenters. The van der Waals surface area contributed by atoms with Crippen LogP contribution in [0, 0.1) is 0 Å². The van der Waals surface area contributed by atoms with Crippen molar-refractivity contribution < 1.29 is 19.4 Å². The summed E-state index contributed by atoms with van der Waals surface area (Å²) in [4.78, 5) is 10.4. The van der Waals surface area contributed by atoms with Crippen LogP contribution in [0.2, 0.25) is 0 Å². The second-order valence-electron chi connectivity index (χ2n) is 3.57. The SMILES string of the molecule is COC(C)(C)CCOC(C)C(=O)O. The Kier molecular flexibility index (Phi) is 4.95. The number of hydrogen-bond donors (Lipinski definition) is 1. The van der Waals surface area contributed by atoms with E-state index in [9.17, 15) is 4.79 Å². The van der Waals surface area contributed by atoms with Gasteiger partial charge in [0.1, 0.15) is 0 Å². The lowest BCUT2D eigenvalue weighted by Crippen LogP contribution is -2.27. The topological polar surface area (TPSA) is 55.8 Å². The minimum absolute atomic E-state index is 0.252. The van der Waals surface area contributed by atoms with E-state index in [0.29, 0.717) is 13.0 Å². The molecule has 0 aliphatic heterocycles. The number of aliphatic carboxylic acids is 1. The van der Waals surface area contributed by atoms with Gasteiger partial charge in [0.2, 0.25) is 0 Å². The van der Waals surface area contributed by atoms with Gasteiger partial charge in [-0.2, -0.15) is 0 Å². The highest BCUT2D eigenvalue weighted by Crippen LogP contribution is 2.12. The van der Waals surface area contributed by atoms with E-state index in [1.54, 1.807) is 7.11 Å². The molecule has 1 N–H and O–H groups in total. The minimum atomic E-state index is -0.935. The lowest BCUT2D eigenvalue weighted by Gasteiger charge is -2.22. The first-order valence-corrected chi connectivity index (χ1v) is 4.28. The number of rotatable bonds is 6. The van der Waals surface area contributed by atoms with E-state index >= 15 is 0 Å². The molecule has 0 aliphatic rings. The van der Waals surface area contributed by atoms with Crippen LogP contribution in [0.1, 0.15) is 27.2 Å². The van der Waals surface area contributed by atoms with Crippen LogP contribution >= 0.6 is 0 Å². The summed E-state index contributed by atoms with van der Waals surface area (Å²) >= 11 is 0. The number of carboxylic acid groups (broad SMARTS) is 1. The molecule has 0 aromatic carbocycles. The van der Waals surface area contributed by atoms with Crippen molar-refractivity contribution in [3.8, 4) is 0 Å². The van der Waals surface area contributed by atoms with Crippen molar-refractivity contribution in [1.29, 1.82) is 0 Å². The van der Waals surface area contributed by atoms with Gasteiger partial charge < -0.3 is 14.6 Å². The summed E-state index contributed by atoms with van der Waals surface area (Å²) in [5.41, 5.74) is -0.252. The molecule has 0 saturated carbocycles. The third-order valence-corrected chi connectivity index (χ3v) is 1.97. The molecule has 0 aromatic heterocycles. The molecule has 0 fully saturated rings. The second kappa shape index (κ2) is 5.19. The van der Waals surface area contributed by atoms with Gasteiger partial charge in [0.05, 0.1) is 12.2 Å². The zero-order chi connectivity index (χ0) is 10.5. The van der Waals surface area contributed by atoms with Crippen molar-refractivity contribution in [2.75, 3.05) is 13.7 Å². The number of hydrogen-bond acceptors (Lipinski definition) is 3. The van der Waals surface area contributed by atoms with Crippen molar-refractivity contribution >= 4 is 5.97 Å². The maximum absolute atomic E-state index is 10.4. The molecule has 0 rings (SSSR count). The van der Waals surface area contributed by atoms with Crippen molar-refractivity contribution in [3.05, 3.63) is 0 Å². The fourth-order valence-electron chi connectivity index (χ4n) is 0.655. The quantitative estimate of drug-likeness (QED) is 0.685. The Morgan fingerprint density at radius 3 is 2.46 bits per heavy atom. The lowest BCUT2D eigenvalue weighted by molar-refractivity contribution is -0.150. The van der Waals surface area contributed by atoms with Crippen molar-refractivity contribution in [2.45, 2.75) is 38.9 Å². The van der Waals surface area contributed by atoms with E-state index in [-0.39, 0.29) is 5.60 Å². The van der Waals surface area contributed by atoms with E-state index in [0.717, 1.165) is 0 Å². The third-order valence-electron chi connectivity index (χ3n) is 1.97. The number of methoxy groups -OCH3 is 1. The first-order chi connectivity index (χ1) is 5.89. The van der Waals surface area contributed by atoms with Gasteiger partial charge in [-0.05, 0) is 27.2 Å². The van der Waals surface area contributed by atoms with Gasteiger partial charge in [-0.1, -0.05) is 0 Å². The van der Waals surface area contributed by atoms with E-state index < -0.39 is 12.1 Å². The van der Waals surface area contributed by atoms with Gasteiger partial charge in [0.25, 0.3) is 0 Å². The molecule has 0 aliphatic carbocycles. The Hall–Kier alpha value is -0.610. The van der Waals surface area contributed by atoms with Gasteiger partial charge in [0.15, 0.2) is 6.10 Å². The Balaban J connectivity index is 3.62. The molecule has 0 amide bonds. The molecule has 0 bridgehead atoms. The molecule has 4 nitrogen and oxygen atoms in total. The summed E-state index contributed by atoms with van der Waals surface area (Å²) in [5, 5.41) is 8.51. The van der Waals surface area contributed by atoms with E-state index in [1.807, 2.05) is 13.8 Å². The molecule has 4 heteroatoms. The Morgan fingerprint density at radius 1 is 1.54 bits per heavy atom. The average Bonchev–Trinajstić information content (AvgIpc) is 2.04. The molecule has 78 valence electrons. The summed E-state index contributed by atoms with van der Waals surface area (Å²) < 4.78 is 10.2. The highest BCUT2D eigenvalue weighted by atomic mass is 16.5. The third kappa shape index (κ3) is 5.60. The van der Waals surface area contributed by atoms with Crippen LogP contribution < -0.4 is 0 Å². The number of carboxylic acids is 1. The van der Waals surface area contributed by atoms with Crippen molar-refractivity contribution in [3.63, 3.8) is 0 Å². The van der Waals surface area contributed by atoms with Crippen LogP contribution in [0.15, 0.2) is 0 Å². The van der Waals surface area contributed by atoms with Crippen molar-refractivity contribution in [2.24, 2.45) is 0 Å². The lowest BCUT2D eigenvalue weighted by atomic mass is 10.1. The number of carbonyl (C=O) groups is 1. The second-order valence-corrected chi connectivity index (χ2v) is 3.57. The molecule has 0 heterocycles. The first kappa shape index (κ1) is 12.4. The van der Waals surface area contributed by atoms with Gasteiger partial charge in [-0.3, -0.25) is 0 Å². The predicted molar refractivity (Wildman–Crippen MR) is 48.8 cm³/mol. The average molecular weight is 190 g/mol.